The van der Waals surface area contributed by atoms with Crippen molar-refractivity contribution in [3.8, 4) is 5.75 Å². The second-order valence-electron chi connectivity index (χ2n) is 3.80. The predicted octanol–water partition coefficient (Wildman–Crippen LogP) is 2.42. The molecule has 2 nitrogen and oxygen atoms in total. The number of hydrogen-bond acceptors (Lipinski definition) is 2. The van der Waals surface area contributed by atoms with Crippen molar-refractivity contribution >= 4 is 0 Å². The molecule has 1 unspecified atom stereocenters. The third-order valence-electron chi connectivity index (χ3n) is 2.18. The lowest BCUT2D eigenvalue weighted by Gasteiger charge is -2.12. The molecule has 14 heavy (non-hydrogen) atoms. The Morgan fingerprint density at radius 2 is 1.79 bits per heavy atom. The summed E-state index contributed by atoms with van der Waals surface area (Å²) < 4.78 is 5.60. The van der Waals surface area contributed by atoms with Gasteiger partial charge in [-0.1, -0.05) is 13.0 Å². The average Bonchev–Trinajstić information content (AvgIpc) is 2.12. The second kappa shape index (κ2) is 5.01. The van der Waals surface area contributed by atoms with Crippen LogP contribution in [0.3, 0.4) is 0 Å². The highest BCUT2D eigenvalue weighted by Gasteiger charge is 2.01. The van der Waals surface area contributed by atoms with Gasteiger partial charge in [-0.05, 0) is 43.5 Å². The fourth-order valence-corrected chi connectivity index (χ4v) is 1.34. The molecule has 0 amide bonds. The summed E-state index contributed by atoms with van der Waals surface area (Å²) in [7, 11) is 0. The maximum Gasteiger partial charge on any atom is 0.119 e. The number of nitrogens with two attached hydrogens (primary N) is 1. The average molecular weight is 193 g/mol. The summed E-state index contributed by atoms with van der Waals surface area (Å²) >= 11 is 0. The van der Waals surface area contributed by atoms with Crippen LogP contribution >= 0.6 is 0 Å². The Kier molecular flexibility index (Phi) is 3.96. The van der Waals surface area contributed by atoms with Crippen LogP contribution in [0.25, 0.3) is 0 Å². The number of hydrogen-bond donors (Lipinski definition) is 1. The zero-order chi connectivity index (χ0) is 10.6. The maximum absolute atomic E-state index is 5.77. The Morgan fingerprint density at radius 1 is 1.21 bits per heavy atom. The number of benzene rings is 1. The molecule has 0 aromatic heterocycles. The Hall–Kier alpha value is -1.02. The highest BCUT2D eigenvalue weighted by atomic mass is 16.5. The molecule has 1 aromatic carbocycles. The standard InChI is InChI=1S/C12H19NO/c1-4-11(13)8-14-12-6-9(2)5-10(3)7-12/h5-7,11H,4,8,13H2,1-3H3. The largest absolute Gasteiger partial charge is 0.492 e. The lowest BCUT2D eigenvalue weighted by Crippen LogP contribution is -2.26. The van der Waals surface area contributed by atoms with E-state index in [0.29, 0.717) is 6.61 Å². The van der Waals surface area contributed by atoms with Gasteiger partial charge in [0.05, 0.1) is 0 Å². The highest BCUT2D eigenvalue weighted by molar-refractivity contribution is 5.32. The van der Waals surface area contributed by atoms with Gasteiger partial charge >= 0.3 is 0 Å². The van der Waals surface area contributed by atoms with Crippen LogP contribution in [0.5, 0.6) is 5.75 Å². The third-order valence-corrected chi connectivity index (χ3v) is 2.18. The van der Waals surface area contributed by atoms with Crippen LogP contribution in [-0.4, -0.2) is 12.6 Å². The fraction of sp³-hybridized carbons (Fsp3) is 0.500. The van der Waals surface area contributed by atoms with E-state index in [1.54, 1.807) is 0 Å². The van der Waals surface area contributed by atoms with Crippen LogP contribution in [-0.2, 0) is 0 Å². The molecule has 1 rings (SSSR count). The number of rotatable bonds is 4. The van der Waals surface area contributed by atoms with Crippen LogP contribution in [0, 0.1) is 13.8 Å². The first-order valence-electron chi connectivity index (χ1n) is 5.08. The zero-order valence-corrected chi connectivity index (χ0v) is 9.21. The van der Waals surface area contributed by atoms with Gasteiger partial charge in [-0.15, -0.1) is 0 Å². The van der Waals surface area contributed by atoms with Gasteiger partial charge in [0.15, 0.2) is 0 Å². The Balaban J connectivity index is 2.58. The van der Waals surface area contributed by atoms with E-state index < -0.39 is 0 Å². The lowest BCUT2D eigenvalue weighted by molar-refractivity contribution is 0.285. The van der Waals surface area contributed by atoms with Crippen LogP contribution in [0.2, 0.25) is 0 Å². The Bertz CT molecular complexity index is 276. The molecule has 0 radical (unpaired) electrons. The second-order valence-corrected chi connectivity index (χ2v) is 3.80. The molecule has 0 saturated carbocycles. The summed E-state index contributed by atoms with van der Waals surface area (Å²) in [5, 5.41) is 0. The van der Waals surface area contributed by atoms with Crippen molar-refractivity contribution in [1.82, 2.24) is 0 Å². The van der Waals surface area contributed by atoms with E-state index in [0.717, 1.165) is 12.2 Å². The SMILES string of the molecule is CCC(N)COc1cc(C)cc(C)c1. The van der Waals surface area contributed by atoms with Crippen molar-refractivity contribution in [1.29, 1.82) is 0 Å². The van der Waals surface area contributed by atoms with Gasteiger partial charge in [-0.2, -0.15) is 0 Å². The van der Waals surface area contributed by atoms with Crippen molar-refractivity contribution in [2.75, 3.05) is 6.61 Å². The van der Waals surface area contributed by atoms with Gasteiger partial charge < -0.3 is 10.5 Å². The van der Waals surface area contributed by atoms with Gasteiger partial charge in [0.25, 0.3) is 0 Å². The van der Waals surface area contributed by atoms with Gasteiger partial charge in [-0.25, -0.2) is 0 Å². The van der Waals surface area contributed by atoms with Gasteiger partial charge in [0, 0.05) is 6.04 Å². The van der Waals surface area contributed by atoms with Crippen molar-refractivity contribution in [3.63, 3.8) is 0 Å². The van der Waals surface area contributed by atoms with Crippen LogP contribution in [0.15, 0.2) is 18.2 Å². The first-order chi connectivity index (χ1) is 6.61. The molecule has 1 aromatic rings. The van der Waals surface area contributed by atoms with Crippen molar-refractivity contribution in [3.05, 3.63) is 29.3 Å². The summed E-state index contributed by atoms with van der Waals surface area (Å²) in [6, 6.07) is 6.34. The van der Waals surface area contributed by atoms with Crippen molar-refractivity contribution in [2.24, 2.45) is 5.73 Å². The molecule has 0 aliphatic heterocycles. The van der Waals surface area contributed by atoms with E-state index in [2.05, 4.69) is 26.8 Å². The summed E-state index contributed by atoms with van der Waals surface area (Å²) in [5.74, 6) is 0.923. The molecule has 0 fully saturated rings. The Labute approximate surface area is 86.1 Å². The van der Waals surface area contributed by atoms with Gasteiger partial charge in [0.1, 0.15) is 12.4 Å². The summed E-state index contributed by atoms with van der Waals surface area (Å²) in [6.07, 6.45) is 0.949. The van der Waals surface area contributed by atoms with Crippen LogP contribution in [0.1, 0.15) is 24.5 Å². The smallest absolute Gasteiger partial charge is 0.119 e. The molecule has 1 atom stereocenters. The minimum atomic E-state index is 0.135. The molecule has 0 aliphatic carbocycles. The molecular formula is C12H19NO. The molecule has 0 bridgehead atoms. The van der Waals surface area contributed by atoms with Crippen molar-refractivity contribution in [2.45, 2.75) is 33.2 Å². The van der Waals surface area contributed by atoms with Crippen LogP contribution < -0.4 is 10.5 Å². The van der Waals surface area contributed by atoms with Gasteiger partial charge in [0.2, 0.25) is 0 Å². The molecular weight excluding hydrogens is 174 g/mol. The van der Waals surface area contributed by atoms with Gasteiger partial charge in [-0.3, -0.25) is 0 Å². The van der Waals surface area contributed by atoms with Crippen molar-refractivity contribution < 1.29 is 4.74 Å². The zero-order valence-electron chi connectivity index (χ0n) is 9.21. The molecule has 2 heteroatoms. The molecule has 0 spiro atoms. The third kappa shape index (κ3) is 3.38. The highest BCUT2D eigenvalue weighted by Crippen LogP contribution is 2.16. The maximum atomic E-state index is 5.77. The van der Waals surface area contributed by atoms with Crippen LogP contribution in [0.4, 0.5) is 0 Å². The summed E-state index contributed by atoms with van der Waals surface area (Å²) in [5.41, 5.74) is 8.23. The normalized spacial score (nSPS) is 12.6. The molecule has 78 valence electrons. The number of ether oxygens (including phenoxy) is 1. The number of aryl methyl sites for hydroxylation is 2. The quantitative estimate of drug-likeness (QED) is 0.797. The van der Waals surface area contributed by atoms with E-state index in [1.807, 2.05) is 12.1 Å². The summed E-state index contributed by atoms with van der Waals surface area (Å²) in [6.45, 7) is 6.80. The fourth-order valence-electron chi connectivity index (χ4n) is 1.34. The molecule has 2 N–H and O–H groups in total. The van der Waals surface area contributed by atoms with E-state index >= 15 is 0 Å². The van der Waals surface area contributed by atoms with E-state index in [9.17, 15) is 0 Å². The predicted molar refractivity (Wildman–Crippen MR) is 59.7 cm³/mol. The first-order valence-corrected chi connectivity index (χ1v) is 5.08. The molecule has 0 aliphatic rings. The summed E-state index contributed by atoms with van der Waals surface area (Å²) in [4.78, 5) is 0. The van der Waals surface area contributed by atoms with E-state index in [1.165, 1.54) is 11.1 Å². The molecule has 0 saturated heterocycles. The first kappa shape index (κ1) is 11.1. The van der Waals surface area contributed by atoms with E-state index in [-0.39, 0.29) is 6.04 Å². The minimum absolute atomic E-state index is 0.135. The Morgan fingerprint density at radius 3 is 2.29 bits per heavy atom. The topological polar surface area (TPSA) is 35.2 Å². The minimum Gasteiger partial charge on any atom is -0.492 e. The monoisotopic (exact) mass is 193 g/mol. The molecule has 0 heterocycles. The van der Waals surface area contributed by atoms with E-state index in [4.69, 9.17) is 10.5 Å². The lowest BCUT2D eigenvalue weighted by atomic mass is 10.1.